The molecule has 3 aliphatic carbocycles. The fourth-order valence-electron chi connectivity index (χ4n) is 6.72. The number of methoxy groups -OCH3 is 1. The molecule has 188 valence electrons. The van der Waals surface area contributed by atoms with Crippen molar-refractivity contribution in [3.8, 4) is 0 Å². The second-order valence-electron chi connectivity index (χ2n) is 10.7. The topological polar surface area (TPSA) is 9.23 Å². The summed E-state index contributed by atoms with van der Waals surface area (Å²) in [6, 6.07) is 3.01. The molecular weight excluding hydrogens is 445 g/mol. The van der Waals surface area contributed by atoms with Crippen LogP contribution in [0.4, 0.5) is 13.2 Å². The van der Waals surface area contributed by atoms with Gasteiger partial charge in [0, 0.05) is 19.8 Å². The van der Waals surface area contributed by atoms with Gasteiger partial charge >= 0.3 is 0 Å². The Morgan fingerprint density at radius 2 is 1.21 bits per heavy atom. The zero-order valence-electron chi connectivity index (χ0n) is 20.2. The first kappa shape index (κ1) is 26.9. The molecular formula is C28H42ClF3O. The van der Waals surface area contributed by atoms with Gasteiger partial charge in [0.2, 0.25) is 0 Å². The van der Waals surface area contributed by atoms with Crippen molar-refractivity contribution in [2.24, 2.45) is 35.5 Å². The van der Waals surface area contributed by atoms with Crippen molar-refractivity contribution in [2.75, 3.05) is 20.4 Å². The van der Waals surface area contributed by atoms with Gasteiger partial charge in [-0.1, -0.05) is 24.4 Å². The lowest BCUT2D eigenvalue weighted by atomic mass is 9.65. The summed E-state index contributed by atoms with van der Waals surface area (Å²) in [7, 11) is 1.85. The fraction of sp³-hybridized carbons (Fsp3) is 0.786. The van der Waals surface area contributed by atoms with Crippen LogP contribution in [0, 0.1) is 47.1 Å². The normalized spacial score (nSPS) is 32.6. The van der Waals surface area contributed by atoms with Crippen LogP contribution < -0.4 is 0 Å². The molecule has 3 saturated carbocycles. The van der Waals surface area contributed by atoms with Gasteiger partial charge in [-0.05, 0) is 118 Å². The molecule has 0 atom stereocenters. The summed E-state index contributed by atoms with van der Waals surface area (Å²) in [5, 5.41) is -0.0589. The van der Waals surface area contributed by atoms with Crippen LogP contribution in [0.1, 0.15) is 83.5 Å². The molecule has 3 aliphatic rings. The third-order valence-corrected chi connectivity index (χ3v) is 9.04. The Hall–Kier alpha value is -0.740. The molecule has 0 aromatic heterocycles. The van der Waals surface area contributed by atoms with Gasteiger partial charge in [0.25, 0.3) is 0 Å². The molecule has 0 N–H and O–H groups in total. The quantitative estimate of drug-likeness (QED) is 0.364. The predicted octanol–water partition coefficient (Wildman–Crippen LogP) is 9.03. The maximum absolute atomic E-state index is 12.5. The number of hydrogen-bond donors (Lipinski definition) is 0. The molecule has 4 rings (SSSR count). The van der Waals surface area contributed by atoms with Crippen LogP contribution in [0.3, 0.4) is 0 Å². The largest absolute Gasteiger partial charge is 0.384 e. The van der Waals surface area contributed by atoms with Crippen LogP contribution in [0.2, 0.25) is 5.02 Å². The Balaban J connectivity index is 0.000000286. The van der Waals surface area contributed by atoms with Gasteiger partial charge in [-0.2, -0.15) is 0 Å². The Bertz CT molecular complexity index is 642. The molecule has 3 fully saturated rings. The zero-order chi connectivity index (χ0) is 23.6. The van der Waals surface area contributed by atoms with Gasteiger partial charge in [-0.15, -0.1) is 0 Å². The number of ether oxygens (including phenoxy) is 1. The van der Waals surface area contributed by atoms with E-state index in [-0.39, 0.29) is 11.7 Å². The Morgan fingerprint density at radius 1 is 0.758 bits per heavy atom. The molecule has 0 amide bonds. The first-order valence-electron chi connectivity index (χ1n) is 13.2. The molecule has 1 aromatic carbocycles. The van der Waals surface area contributed by atoms with Crippen LogP contribution in [-0.4, -0.2) is 20.4 Å². The average molecular weight is 487 g/mol. The van der Waals surface area contributed by atoms with Crippen molar-refractivity contribution in [3.63, 3.8) is 0 Å². The van der Waals surface area contributed by atoms with Crippen LogP contribution in [0.15, 0.2) is 18.2 Å². The SMILES string of the molecule is COCC1CCC(C2CCC(C3CCC(CCF)CC3)CC2)CC1.Fc1ccc(Cl)c(F)c1. The first-order valence-corrected chi connectivity index (χ1v) is 13.5. The zero-order valence-corrected chi connectivity index (χ0v) is 21.0. The Morgan fingerprint density at radius 3 is 1.61 bits per heavy atom. The summed E-state index contributed by atoms with van der Waals surface area (Å²) in [6.07, 6.45) is 17.9. The van der Waals surface area contributed by atoms with Gasteiger partial charge in [0.1, 0.15) is 11.6 Å². The van der Waals surface area contributed by atoms with Crippen LogP contribution in [-0.2, 0) is 4.74 Å². The minimum Gasteiger partial charge on any atom is -0.384 e. The highest BCUT2D eigenvalue weighted by atomic mass is 35.5. The Labute approximate surface area is 203 Å². The molecule has 0 saturated heterocycles. The third-order valence-electron chi connectivity index (χ3n) is 8.73. The van der Waals surface area contributed by atoms with Crippen molar-refractivity contribution in [1.29, 1.82) is 0 Å². The van der Waals surface area contributed by atoms with E-state index in [1.807, 2.05) is 7.11 Å². The highest BCUT2D eigenvalue weighted by Crippen LogP contribution is 2.46. The lowest BCUT2D eigenvalue weighted by Crippen LogP contribution is -2.30. The summed E-state index contributed by atoms with van der Waals surface area (Å²) >= 11 is 5.24. The summed E-state index contributed by atoms with van der Waals surface area (Å²) < 4.78 is 42.1. The highest BCUT2D eigenvalue weighted by Gasteiger charge is 2.34. The fourth-order valence-corrected chi connectivity index (χ4v) is 6.84. The first-order chi connectivity index (χ1) is 16.0. The van der Waals surface area contributed by atoms with Crippen LogP contribution >= 0.6 is 11.6 Å². The molecule has 5 heteroatoms. The van der Waals surface area contributed by atoms with E-state index in [0.717, 1.165) is 54.7 Å². The molecule has 0 unspecified atom stereocenters. The minimum absolute atomic E-state index is 0.0589. The van der Waals surface area contributed by atoms with E-state index in [1.54, 1.807) is 0 Å². The second kappa shape index (κ2) is 14.0. The van der Waals surface area contributed by atoms with Crippen LogP contribution in [0.5, 0.6) is 0 Å². The molecule has 0 spiro atoms. The van der Waals surface area contributed by atoms with E-state index in [4.69, 9.17) is 16.3 Å². The summed E-state index contributed by atoms with van der Waals surface area (Å²) in [5.41, 5.74) is 0. The number of rotatable bonds is 6. The summed E-state index contributed by atoms with van der Waals surface area (Å²) in [6.45, 7) is 0.873. The highest BCUT2D eigenvalue weighted by molar-refractivity contribution is 6.30. The molecule has 1 nitrogen and oxygen atoms in total. The van der Waals surface area contributed by atoms with E-state index in [2.05, 4.69) is 0 Å². The molecule has 33 heavy (non-hydrogen) atoms. The van der Waals surface area contributed by atoms with Gasteiger partial charge in [-0.25, -0.2) is 8.78 Å². The van der Waals surface area contributed by atoms with Crippen molar-refractivity contribution in [1.82, 2.24) is 0 Å². The van der Waals surface area contributed by atoms with E-state index in [9.17, 15) is 13.2 Å². The summed E-state index contributed by atoms with van der Waals surface area (Å²) in [5.74, 6) is 4.20. The second-order valence-corrected chi connectivity index (χ2v) is 11.1. The van der Waals surface area contributed by atoms with E-state index in [1.165, 1.54) is 83.1 Å². The monoisotopic (exact) mass is 486 g/mol. The van der Waals surface area contributed by atoms with Crippen molar-refractivity contribution < 1.29 is 17.9 Å². The van der Waals surface area contributed by atoms with Crippen molar-refractivity contribution in [3.05, 3.63) is 34.9 Å². The minimum atomic E-state index is -0.725. The number of hydrogen-bond acceptors (Lipinski definition) is 1. The smallest absolute Gasteiger partial charge is 0.144 e. The van der Waals surface area contributed by atoms with Gasteiger partial charge in [0.05, 0.1) is 11.7 Å². The number of alkyl halides is 1. The standard InChI is InChI=1S/C22H39FO.C6H3ClF2/c1-24-16-18-4-8-20(9-5-18)22-12-10-21(11-13-22)19-6-2-17(3-7-19)14-15-23;7-5-2-1-4(8)3-6(5)9/h17-22H,2-16H2,1H3;1-3H. The third kappa shape index (κ3) is 8.46. The average Bonchev–Trinajstić information content (AvgIpc) is 2.84. The van der Waals surface area contributed by atoms with Crippen LogP contribution in [0.25, 0.3) is 0 Å². The maximum atomic E-state index is 12.5. The molecule has 0 aliphatic heterocycles. The van der Waals surface area contributed by atoms with Gasteiger partial charge < -0.3 is 4.74 Å². The summed E-state index contributed by atoms with van der Waals surface area (Å²) in [4.78, 5) is 0. The van der Waals surface area contributed by atoms with Gasteiger partial charge in [-0.3, -0.25) is 4.39 Å². The van der Waals surface area contributed by atoms with Gasteiger partial charge in [0.15, 0.2) is 0 Å². The predicted molar refractivity (Wildman–Crippen MR) is 130 cm³/mol. The lowest BCUT2D eigenvalue weighted by Gasteiger charge is -2.41. The van der Waals surface area contributed by atoms with E-state index in [0.29, 0.717) is 5.92 Å². The number of benzene rings is 1. The lowest BCUT2D eigenvalue weighted by molar-refractivity contribution is 0.0800. The molecule has 0 radical (unpaired) electrons. The molecule has 1 aromatic rings. The molecule has 0 heterocycles. The van der Waals surface area contributed by atoms with E-state index < -0.39 is 11.6 Å². The van der Waals surface area contributed by atoms with Crippen molar-refractivity contribution >= 4 is 11.6 Å². The van der Waals surface area contributed by atoms with Crippen molar-refractivity contribution in [2.45, 2.75) is 83.5 Å². The number of halogens is 4. The van der Waals surface area contributed by atoms with E-state index >= 15 is 0 Å². The molecule has 0 bridgehead atoms. The maximum Gasteiger partial charge on any atom is 0.144 e. The Kier molecular flexibility index (Phi) is 11.4.